The first-order valence-electron chi connectivity index (χ1n) is 9.82. The molecule has 1 fully saturated rings. The molecule has 2 aromatic heterocycles. The van der Waals surface area contributed by atoms with Gasteiger partial charge in [-0.1, -0.05) is 29.5 Å². The molecule has 4 heterocycles. The summed E-state index contributed by atoms with van der Waals surface area (Å²) >= 11 is 7.82. The van der Waals surface area contributed by atoms with Gasteiger partial charge < -0.3 is 16.2 Å². The van der Waals surface area contributed by atoms with E-state index in [9.17, 15) is 5.11 Å². The van der Waals surface area contributed by atoms with E-state index in [4.69, 9.17) is 17.3 Å². The molecule has 31 heavy (non-hydrogen) atoms. The van der Waals surface area contributed by atoms with Crippen molar-refractivity contribution in [2.45, 2.75) is 24.0 Å². The molecule has 0 unspecified atom stereocenters. The fourth-order valence-electron chi connectivity index (χ4n) is 4.64. The number of hydrogen-bond donors (Lipinski definition) is 3. The number of halogens is 1. The molecule has 2 aliphatic rings. The van der Waals surface area contributed by atoms with Crippen molar-refractivity contribution < 1.29 is 5.11 Å². The summed E-state index contributed by atoms with van der Waals surface area (Å²) in [6, 6.07) is 6.13. The number of aromatic nitrogens is 3. The number of hydrogen-bond acceptors (Lipinski definition) is 8. The van der Waals surface area contributed by atoms with Crippen molar-refractivity contribution in [1.29, 1.82) is 0 Å². The number of rotatable bonds is 2. The summed E-state index contributed by atoms with van der Waals surface area (Å²) in [4.78, 5) is 14.8. The van der Waals surface area contributed by atoms with E-state index in [1.807, 2.05) is 17.5 Å². The fraction of sp³-hybridized carbons (Fsp3) is 0.318. The van der Waals surface area contributed by atoms with Crippen molar-refractivity contribution in [2.75, 3.05) is 31.2 Å². The summed E-state index contributed by atoms with van der Waals surface area (Å²) in [5.74, 6) is 6.26. The SMILES string of the molecule is CN1C[C@@]2(CNc3cc(C#C[C@](C)(O)c4nccs4)ccc32)[C@@H]1c1nc(N)ncc1Cl. The van der Waals surface area contributed by atoms with Gasteiger partial charge in [0.15, 0.2) is 5.60 Å². The molecule has 0 saturated carbocycles. The van der Waals surface area contributed by atoms with Crippen LogP contribution >= 0.6 is 22.9 Å². The van der Waals surface area contributed by atoms with Crippen LogP contribution in [0.25, 0.3) is 0 Å². The van der Waals surface area contributed by atoms with E-state index in [1.165, 1.54) is 16.9 Å². The van der Waals surface area contributed by atoms with Gasteiger partial charge in [0.25, 0.3) is 0 Å². The first-order chi connectivity index (χ1) is 14.8. The number of nitrogens with zero attached hydrogens (tertiary/aromatic N) is 4. The fourth-order valence-corrected chi connectivity index (χ4v) is 5.48. The van der Waals surface area contributed by atoms with Crippen LogP contribution in [0.15, 0.2) is 36.0 Å². The number of fused-ring (bicyclic) bond motifs is 2. The van der Waals surface area contributed by atoms with Crippen LogP contribution < -0.4 is 11.1 Å². The number of thiazole rings is 1. The molecular formula is C22H21ClN6OS. The Morgan fingerprint density at radius 3 is 3.00 bits per heavy atom. The summed E-state index contributed by atoms with van der Waals surface area (Å²) in [7, 11) is 2.06. The maximum atomic E-state index is 10.6. The second kappa shape index (κ2) is 7.18. The highest BCUT2D eigenvalue weighted by atomic mass is 35.5. The summed E-state index contributed by atoms with van der Waals surface area (Å²) in [5.41, 5.74) is 8.24. The van der Waals surface area contributed by atoms with Gasteiger partial charge in [-0.3, -0.25) is 4.90 Å². The molecule has 1 saturated heterocycles. The number of benzene rings is 1. The molecule has 7 nitrogen and oxygen atoms in total. The smallest absolute Gasteiger partial charge is 0.220 e. The minimum Gasteiger partial charge on any atom is -0.384 e. The average molecular weight is 453 g/mol. The molecular weight excluding hydrogens is 432 g/mol. The van der Waals surface area contributed by atoms with Crippen molar-refractivity contribution in [3.05, 3.63) is 62.8 Å². The van der Waals surface area contributed by atoms with Crippen LogP contribution in [0.4, 0.5) is 11.6 Å². The van der Waals surface area contributed by atoms with E-state index < -0.39 is 5.60 Å². The third kappa shape index (κ3) is 3.25. The molecule has 4 N–H and O–H groups in total. The predicted molar refractivity (Wildman–Crippen MR) is 122 cm³/mol. The lowest BCUT2D eigenvalue weighted by Gasteiger charge is -2.54. The minimum atomic E-state index is -1.28. The van der Waals surface area contributed by atoms with Gasteiger partial charge in [0.2, 0.25) is 5.95 Å². The topological polar surface area (TPSA) is 100 Å². The summed E-state index contributed by atoms with van der Waals surface area (Å²) in [6.07, 6.45) is 3.23. The maximum absolute atomic E-state index is 10.6. The van der Waals surface area contributed by atoms with Gasteiger partial charge in [0.1, 0.15) is 5.01 Å². The third-order valence-electron chi connectivity index (χ3n) is 5.99. The van der Waals surface area contributed by atoms with E-state index in [0.717, 1.165) is 30.0 Å². The third-order valence-corrected chi connectivity index (χ3v) is 7.27. The van der Waals surface area contributed by atoms with Crippen molar-refractivity contribution in [2.24, 2.45) is 0 Å². The zero-order chi connectivity index (χ0) is 21.8. The van der Waals surface area contributed by atoms with Gasteiger partial charge in [-0.25, -0.2) is 15.0 Å². The highest BCUT2D eigenvalue weighted by Gasteiger charge is 2.57. The minimum absolute atomic E-state index is 0.00150. The van der Waals surface area contributed by atoms with E-state index in [1.54, 1.807) is 19.3 Å². The number of likely N-dealkylation sites (N-methyl/N-ethyl adjacent to an activating group) is 1. The number of aliphatic hydroxyl groups is 1. The Kier molecular flexibility index (Phi) is 4.68. The van der Waals surface area contributed by atoms with Crippen molar-refractivity contribution in [3.63, 3.8) is 0 Å². The highest BCUT2D eigenvalue weighted by Crippen LogP contribution is 2.55. The van der Waals surface area contributed by atoms with Gasteiger partial charge in [-0.05, 0) is 31.7 Å². The monoisotopic (exact) mass is 452 g/mol. The normalized spacial score (nSPS) is 23.9. The second-order valence-corrected chi connectivity index (χ2v) is 9.51. The zero-order valence-corrected chi connectivity index (χ0v) is 18.6. The number of likely N-dealkylation sites (tertiary alicyclic amines) is 1. The lowest BCUT2D eigenvalue weighted by molar-refractivity contribution is 0.0151. The highest BCUT2D eigenvalue weighted by molar-refractivity contribution is 7.09. The number of anilines is 2. The number of nitrogens with two attached hydrogens (primary N) is 1. The first-order valence-corrected chi connectivity index (χ1v) is 11.1. The van der Waals surface area contributed by atoms with Gasteiger partial charge >= 0.3 is 0 Å². The predicted octanol–water partition coefficient (Wildman–Crippen LogP) is 2.78. The molecule has 0 amide bonds. The van der Waals surface area contributed by atoms with Crippen molar-refractivity contribution in [3.8, 4) is 11.8 Å². The largest absolute Gasteiger partial charge is 0.384 e. The van der Waals surface area contributed by atoms with Gasteiger partial charge in [0, 0.05) is 41.3 Å². The van der Waals surface area contributed by atoms with Crippen molar-refractivity contribution >= 4 is 34.6 Å². The molecule has 3 aromatic rings. The van der Waals surface area contributed by atoms with Crippen LogP contribution in [0, 0.1) is 11.8 Å². The summed E-state index contributed by atoms with van der Waals surface area (Å²) in [5, 5.41) is 17.1. The average Bonchev–Trinajstić information content (AvgIpc) is 3.39. The van der Waals surface area contributed by atoms with E-state index in [0.29, 0.717) is 10.0 Å². The van der Waals surface area contributed by atoms with Crippen LogP contribution in [0.5, 0.6) is 0 Å². The lowest BCUT2D eigenvalue weighted by atomic mass is 9.67. The van der Waals surface area contributed by atoms with E-state index in [2.05, 4.69) is 50.1 Å². The molecule has 3 atom stereocenters. The molecule has 1 spiro atoms. The van der Waals surface area contributed by atoms with Crippen LogP contribution in [0.3, 0.4) is 0 Å². The Morgan fingerprint density at radius 1 is 1.42 bits per heavy atom. The summed E-state index contributed by atoms with van der Waals surface area (Å²) < 4.78 is 0. The van der Waals surface area contributed by atoms with E-state index >= 15 is 0 Å². The van der Waals surface area contributed by atoms with Crippen LogP contribution in [0.1, 0.15) is 34.8 Å². The Balaban J connectivity index is 1.47. The Bertz CT molecular complexity index is 1220. The molecule has 0 bridgehead atoms. The van der Waals surface area contributed by atoms with Gasteiger partial charge in [0.05, 0.1) is 23.0 Å². The molecule has 0 aliphatic carbocycles. The zero-order valence-electron chi connectivity index (χ0n) is 17.1. The molecule has 1 aromatic carbocycles. The first kappa shape index (κ1) is 20.2. The molecule has 0 radical (unpaired) electrons. The van der Waals surface area contributed by atoms with E-state index in [-0.39, 0.29) is 17.4 Å². The van der Waals surface area contributed by atoms with Crippen LogP contribution in [-0.4, -0.2) is 45.1 Å². The van der Waals surface area contributed by atoms with Crippen molar-refractivity contribution in [1.82, 2.24) is 19.9 Å². The molecule has 9 heteroatoms. The Hall–Kier alpha value is -2.70. The lowest BCUT2D eigenvalue weighted by Crippen LogP contribution is -2.61. The molecule has 2 aliphatic heterocycles. The second-order valence-electron chi connectivity index (χ2n) is 8.21. The summed E-state index contributed by atoms with van der Waals surface area (Å²) in [6.45, 7) is 3.30. The Labute approximate surface area is 189 Å². The van der Waals surface area contributed by atoms with Crippen LogP contribution in [0.2, 0.25) is 5.02 Å². The quantitative estimate of drug-likeness (QED) is 0.514. The standard InChI is InChI=1S/C22H21ClN6OS/c1-21(30,19-25-7-8-31-19)6-5-13-3-4-14-16(9-13)27-11-22(14)12-29(2)18(22)17-15(23)10-26-20(24)28-17/h3-4,7-10,18,27,30H,11-12H2,1-2H3,(H2,24,26,28)/t18-,21-,22+/m0/s1. The molecule has 158 valence electrons. The van der Waals surface area contributed by atoms with Crippen LogP contribution in [-0.2, 0) is 11.0 Å². The van der Waals surface area contributed by atoms with Gasteiger partial charge in [-0.2, -0.15) is 0 Å². The maximum Gasteiger partial charge on any atom is 0.220 e. The number of nitrogen functional groups attached to an aromatic ring is 1. The number of nitrogens with one attached hydrogen (secondary N) is 1. The molecule has 5 rings (SSSR count). The van der Waals surface area contributed by atoms with Gasteiger partial charge in [-0.15, -0.1) is 11.3 Å². The Morgan fingerprint density at radius 2 is 2.26 bits per heavy atom.